The van der Waals surface area contributed by atoms with Crippen LogP contribution in [0.25, 0.3) is 0 Å². The summed E-state index contributed by atoms with van der Waals surface area (Å²) in [6.45, 7) is 4.98. The van der Waals surface area contributed by atoms with Gasteiger partial charge >= 0.3 is 0 Å². The van der Waals surface area contributed by atoms with Crippen LogP contribution < -0.4 is 0 Å². The SMILES string of the molecule is CC1(C)CCCN1C(=O)c1cccc(O)c1. The summed E-state index contributed by atoms with van der Waals surface area (Å²) in [4.78, 5) is 14.1. The maximum Gasteiger partial charge on any atom is 0.254 e. The molecule has 1 heterocycles. The van der Waals surface area contributed by atoms with Crippen LogP contribution in [0, 0.1) is 0 Å². The Labute approximate surface area is 95.7 Å². The third kappa shape index (κ3) is 1.90. The van der Waals surface area contributed by atoms with Gasteiger partial charge in [-0.25, -0.2) is 0 Å². The monoisotopic (exact) mass is 219 g/mol. The quantitative estimate of drug-likeness (QED) is 0.788. The van der Waals surface area contributed by atoms with Crippen molar-refractivity contribution in [2.45, 2.75) is 32.2 Å². The van der Waals surface area contributed by atoms with E-state index >= 15 is 0 Å². The van der Waals surface area contributed by atoms with Crippen LogP contribution in [-0.2, 0) is 0 Å². The average molecular weight is 219 g/mol. The lowest BCUT2D eigenvalue weighted by Crippen LogP contribution is -2.42. The fraction of sp³-hybridized carbons (Fsp3) is 0.462. The Bertz CT molecular complexity index is 412. The molecule has 3 nitrogen and oxygen atoms in total. The summed E-state index contributed by atoms with van der Waals surface area (Å²) in [6.07, 6.45) is 2.09. The third-order valence-electron chi connectivity index (χ3n) is 3.24. The Morgan fingerprint density at radius 2 is 2.19 bits per heavy atom. The highest BCUT2D eigenvalue weighted by Crippen LogP contribution is 2.30. The van der Waals surface area contributed by atoms with Crippen molar-refractivity contribution in [3.05, 3.63) is 29.8 Å². The highest BCUT2D eigenvalue weighted by Gasteiger charge is 2.35. The number of hydrogen-bond acceptors (Lipinski definition) is 2. The molecule has 1 amide bonds. The molecule has 16 heavy (non-hydrogen) atoms. The smallest absolute Gasteiger partial charge is 0.254 e. The first-order chi connectivity index (χ1) is 7.50. The molecular weight excluding hydrogens is 202 g/mol. The molecule has 86 valence electrons. The largest absolute Gasteiger partial charge is 0.508 e. The van der Waals surface area contributed by atoms with Crippen molar-refractivity contribution in [1.82, 2.24) is 4.90 Å². The Morgan fingerprint density at radius 1 is 1.44 bits per heavy atom. The molecule has 1 aliphatic heterocycles. The van der Waals surface area contributed by atoms with Crippen molar-refractivity contribution < 1.29 is 9.90 Å². The number of benzene rings is 1. The van der Waals surface area contributed by atoms with Crippen LogP contribution in [0.1, 0.15) is 37.0 Å². The number of hydrogen-bond donors (Lipinski definition) is 1. The summed E-state index contributed by atoms with van der Waals surface area (Å²) in [5, 5.41) is 9.36. The highest BCUT2D eigenvalue weighted by molar-refractivity contribution is 5.95. The first kappa shape index (κ1) is 11.0. The number of amides is 1. The van der Waals surface area contributed by atoms with Gasteiger partial charge < -0.3 is 10.0 Å². The summed E-state index contributed by atoms with van der Waals surface area (Å²) in [6, 6.07) is 6.55. The zero-order valence-electron chi connectivity index (χ0n) is 9.73. The lowest BCUT2D eigenvalue weighted by atomic mass is 10.0. The molecule has 0 aliphatic carbocycles. The minimum absolute atomic E-state index is 0.0124. The topological polar surface area (TPSA) is 40.5 Å². The van der Waals surface area contributed by atoms with E-state index < -0.39 is 0 Å². The summed E-state index contributed by atoms with van der Waals surface area (Å²) >= 11 is 0. The van der Waals surface area contributed by atoms with Crippen molar-refractivity contribution in [3.63, 3.8) is 0 Å². The lowest BCUT2D eigenvalue weighted by Gasteiger charge is -2.31. The second-order valence-corrected chi connectivity index (χ2v) is 4.92. The van der Waals surface area contributed by atoms with E-state index in [1.54, 1.807) is 18.2 Å². The number of phenols is 1. The van der Waals surface area contributed by atoms with Gasteiger partial charge in [-0.15, -0.1) is 0 Å². The van der Waals surface area contributed by atoms with E-state index in [0.29, 0.717) is 5.56 Å². The molecule has 0 atom stereocenters. The number of phenolic OH excluding ortho intramolecular Hbond substituents is 1. The first-order valence-electron chi connectivity index (χ1n) is 5.62. The summed E-state index contributed by atoms with van der Waals surface area (Å²) in [5.74, 6) is 0.154. The minimum atomic E-state index is -0.0669. The van der Waals surface area contributed by atoms with Gasteiger partial charge in [0.25, 0.3) is 5.91 Å². The van der Waals surface area contributed by atoms with Gasteiger partial charge in [-0.1, -0.05) is 6.07 Å². The Kier molecular flexibility index (Phi) is 2.62. The molecule has 1 aromatic carbocycles. The van der Waals surface area contributed by atoms with E-state index in [4.69, 9.17) is 0 Å². The number of likely N-dealkylation sites (tertiary alicyclic amines) is 1. The zero-order chi connectivity index (χ0) is 11.8. The van der Waals surface area contributed by atoms with Gasteiger partial charge in [0.15, 0.2) is 0 Å². The normalized spacial score (nSPS) is 18.8. The number of carbonyl (C=O) groups excluding carboxylic acids is 1. The van der Waals surface area contributed by atoms with Gasteiger partial charge in [-0.05, 0) is 44.9 Å². The van der Waals surface area contributed by atoms with E-state index in [9.17, 15) is 9.90 Å². The molecule has 1 aliphatic rings. The van der Waals surface area contributed by atoms with Crippen LogP contribution in [0.4, 0.5) is 0 Å². The molecule has 1 fully saturated rings. The summed E-state index contributed by atoms with van der Waals surface area (Å²) in [5.41, 5.74) is 0.498. The van der Waals surface area contributed by atoms with Gasteiger partial charge in [-0.3, -0.25) is 4.79 Å². The second kappa shape index (κ2) is 3.81. The highest BCUT2D eigenvalue weighted by atomic mass is 16.3. The van der Waals surface area contributed by atoms with Crippen LogP contribution >= 0.6 is 0 Å². The van der Waals surface area contributed by atoms with E-state index in [1.165, 1.54) is 6.07 Å². The second-order valence-electron chi connectivity index (χ2n) is 4.92. The van der Waals surface area contributed by atoms with Gasteiger partial charge in [0.05, 0.1) is 0 Å². The zero-order valence-corrected chi connectivity index (χ0v) is 9.73. The Hall–Kier alpha value is -1.51. The summed E-state index contributed by atoms with van der Waals surface area (Å²) in [7, 11) is 0. The fourth-order valence-electron chi connectivity index (χ4n) is 2.28. The van der Waals surface area contributed by atoms with Crippen LogP contribution in [0.15, 0.2) is 24.3 Å². The van der Waals surface area contributed by atoms with Crippen LogP contribution in [0.2, 0.25) is 0 Å². The van der Waals surface area contributed by atoms with E-state index in [2.05, 4.69) is 13.8 Å². The lowest BCUT2D eigenvalue weighted by molar-refractivity contribution is 0.0651. The predicted octanol–water partition coefficient (Wildman–Crippen LogP) is 2.41. The predicted molar refractivity (Wildman–Crippen MR) is 62.5 cm³/mol. The maximum absolute atomic E-state index is 12.2. The Morgan fingerprint density at radius 3 is 2.75 bits per heavy atom. The third-order valence-corrected chi connectivity index (χ3v) is 3.24. The molecule has 3 heteroatoms. The van der Waals surface area contributed by atoms with Crippen molar-refractivity contribution in [1.29, 1.82) is 0 Å². The average Bonchev–Trinajstić information content (AvgIpc) is 2.57. The van der Waals surface area contributed by atoms with Crippen molar-refractivity contribution in [2.24, 2.45) is 0 Å². The molecule has 0 spiro atoms. The van der Waals surface area contributed by atoms with E-state index in [-0.39, 0.29) is 17.2 Å². The molecular formula is C13H17NO2. The molecule has 0 saturated carbocycles. The van der Waals surface area contributed by atoms with Crippen LogP contribution in [0.3, 0.4) is 0 Å². The van der Waals surface area contributed by atoms with E-state index in [1.807, 2.05) is 4.90 Å². The minimum Gasteiger partial charge on any atom is -0.508 e. The maximum atomic E-state index is 12.2. The standard InChI is InChI=1S/C13H17NO2/c1-13(2)7-4-8-14(13)12(16)10-5-3-6-11(15)9-10/h3,5-6,9,15H,4,7-8H2,1-2H3. The van der Waals surface area contributed by atoms with Crippen molar-refractivity contribution >= 4 is 5.91 Å². The van der Waals surface area contributed by atoms with Gasteiger partial charge in [0.1, 0.15) is 5.75 Å². The summed E-state index contributed by atoms with van der Waals surface area (Å²) < 4.78 is 0. The number of nitrogens with zero attached hydrogens (tertiary/aromatic N) is 1. The molecule has 2 rings (SSSR count). The molecule has 0 bridgehead atoms. The van der Waals surface area contributed by atoms with Gasteiger partial charge in [0.2, 0.25) is 0 Å². The van der Waals surface area contributed by atoms with Crippen molar-refractivity contribution in [2.75, 3.05) is 6.54 Å². The van der Waals surface area contributed by atoms with Crippen molar-refractivity contribution in [3.8, 4) is 5.75 Å². The van der Waals surface area contributed by atoms with Crippen LogP contribution in [-0.4, -0.2) is 28.0 Å². The van der Waals surface area contributed by atoms with E-state index in [0.717, 1.165) is 19.4 Å². The van der Waals surface area contributed by atoms with Gasteiger partial charge in [-0.2, -0.15) is 0 Å². The molecule has 0 unspecified atom stereocenters. The first-order valence-corrected chi connectivity index (χ1v) is 5.62. The number of carbonyl (C=O) groups is 1. The number of aromatic hydroxyl groups is 1. The fourth-order valence-corrected chi connectivity index (χ4v) is 2.28. The number of rotatable bonds is 1. The van der Waals surface area contributed by atoms with Crippen LogP contribution in [0.5, 0.6) is 5.75 Å². The Balaban J connectivity index is 2.26. The molecule has 1 N–H and O–H groups in total. The molecule has 0 radical (unpaired) electrons. The van der Waals surface area contributed by atoms with Gasteiger partial charge in [0, 0.05) is 17.6 Å². The molecule has 1 saturated heterocycles. The molecule has 0 aromatic heterocycles. The molecule has 1 aromatic rings.